The van der Waals surface area contributed by atoms with E-state index < -0.39 is 28.2 Å². The molecule has 0 amide bonds. The van der Waals surface area contributed by atoms with E-state index in [-0.39, 0.29) is 22.3 Å². The molecule has 1 unspecified atom stereocenters. The van der Waals surface area contributed by atoms with Gasteiger partial charge >= 0.3 is 6.18 Å². The number of halogens is 3. The standard InChI is InChI=1S/C23H21F3O4S/c24-23(25,26)20-11-16(9-17(12-20)13-27)8-15-3-6-21-18(10-15)4-5-19(21)14-31(28,29)22-2-1-7-30-22/h1-3,6-7,9-12,19,27H,4-5,8,13-14H2. The Morgan fingerprint density at radius 3 is 2.48 bits per heavy atom. The van der Waals surface area contributed by atoms with E-state index >= 15 is 0 Å². The molecule has 0 saturated heterocycles. The molecule has 1 aliphatic carbocycles. The van der Waals surface area contributed by atoms with Gasteiger partial charge in [0.1, 0.15) is 0 Å². The highest BCUT2D eigenvalue weighted by Gasteiger charge is 2.32. The van der Waals surface area contributed by atoms with Crippen LogP contribution in [0.25, 0.3) is 0 Å². The quantitative estimate of drug-likeness (QED) is 0.581. The molecule has 31 heavy (non-hydrogen) atoms. The van der Waals surface area contributed by atoms with Crippen molar-refractivity contribution >= 4 is 9.84 Å². The predicted octanol–water partition coefficient (Wildman–Crippen LogP) is 4.89. The van der Waals surface area contributed by atoms with Crippen LogP contribution in [0.15, 0.2) is 64.3 Å². The lowest BCUT2D eigenvalue weighted by Crippen LogP contribution is -2.12. The number of hydrogen-bond acceptors (Lipinski definition) is 4. The molecule has 0 bridgehead atoms. The molecule has 1 N–H and O–H groups in total. The van der Waals surface area contributed by atoms with Crippen LogP contribution in [0, 0.1) is 0 Å². The second-order valence-corrected chi connectivity index (χ2v) is 9.82. The summed E-state index contributed by atoms with van der Waals surface area (Å²) in [6, 6.07) is 12.2. The van der Waals surface area contributed by atoms with Crippen molar-refractivity contribution < 1.29 is 31.1 Å². The number of alkyl halides is 3. The summed E-state index contributed by atoms with van der Waals surface area (Å²) in [5.74, 6) is -0.186. The van der Waals surface area contributed by atoms with E-state index in [4.69, 9.17) is 4.42 Å². The fourth-order valence-electron chi connectivity index (χ4n) is 4.18. The van der Waals surface area contributed by atoms with Gasteiger partial charge in [0.2, 0.25) is 14.9 Å². The van der Waals surface area contributed by atoms with Crippen LogP contribution in [0.4, 0.5) is 13.2 Å². The lowest BCUT2D eigenvalue weighted by molar-refractivity contribution is -0.137. The number of benzene rings is 2. The highest BCUT2D eigenvalue weighted by molar-refractivity contribution is 7.91. The van der Waals surface area contributed by atoms with Crippen molar-refractivity contribution in [2.75, 3.05) is 5.75 Å². The SMILES string of the molecule is O=S(=O)(CC1CCc2cc(Cc3cc(CO)cc(C(F)(F)F)c3)ccc21)c1ccco1. The van der Waals surface area contributed by atoms with Crippen molar-refractivity contribution in [1.29, 1.82) is 0 Å². The Morgan fingerprint density at radius 2 is 1.81 bits per heavy atom. The third kappa shape index (κ3) is 4.70. The van der Waals surface area contributed by atoms with Gasteiger partial charge in [-0.3, -0.25) is 0 Å². The van der Waals surface area contributed by atoms with E-state index in [1.165, 1.54) is 18.4 Å². The molecule has 1 heterocycles. The van der Waals surface area contributed by atoms with E-state index in [9.17, 15) is 26.7 Å². The lowest BCUT2D eigenvalue weighted by atomic mass is 9.96. The van der Waals surface area contributed by atoms with Crippen molar-refractivity contribution in [3.63, 3.8) is 0 Å². The Balaban J connectivity index is 1.55. The van der Waals surface area contributed by atoms with E-state index in [1.807, 2.05) is 18.2 Å². The molecule has 1 aliphatic rings. The van der Waals surface area contributed by atoms with E-state index in [0.29, 0.717) is 24.8 Å². The van der Waals surface area contributed by atoms with Gasteiger partial charge in [-0.2, -0.15) is 13.2 Å². The molecule has 0 fully saturated rings. The average Bonchev–Trinajstić information content (AvgIpc) is 3.38. The van der Waals surface area contributed by atoms with E-state index in [0.717, 1.165) is 28.8 Å². The summed E-state index contributed by atoms with van der Waals surface area (Å²) >= 11 is 0. The molecule has 4 rings (SSSR count). The van der Waals surface area contributed by atoms with Crippen LogP contribution in [-0.2, 0) is 35.5 Å². The highest BCUT2D eigenvalue weighted by Crippen LogP contribution is 2.36. The zero-order valence-electron chi connectivity index (χ0n) is 16.5. The fourth-order valence-corrected chi connectivity index (χ4v) is 5.71. The summed E-state index contributed by atoms with van der Waals surface area (Å²) in [6.07, 6.45) is -1.45. The summed E-state index contributed by atoms with van der Waals surface area (Å²) in [4.78, 5) is 0. The van der Waals surface area contributed by atoms with Crippen LogP contribution in [-0.4, -0.2) is 19.3 Å². The Bertz CT molecular complexity index is 1180. The van der Waals surface area contributed by atoms with Crippen LogP contribution in [0.1, 0.15) is 45.7 Å². The zero-order valence-corrected chi connectivity index (χ0v) is 17.3. The third-order valence-corrected chi connectivity index (χ3v) is 7.29. The molecule has 3 aromatic rings. The van der Waals surface area contributed by atoms with Crippen molar-refractivity contribution in [2.24, 2.45) is 0 Å². The fraction of sp³-hybridized carbons (Fsp3) is 0.304. The smallest absolute Gasteiger partial charge is 0.416 e. The largest absolute Gasteiger partial charge is 0.453 e. The Kier molecular flexibility index (Phi) is 5.70. The van der Waals surface area contributed by atoms with Crippen LogP contribution in [0.2, 0.25) is 0 Å². The number of hydrogen-bond donors (Lipinski definition) is 1. The number of aryl methyl sites for hydroxylation is 1. The van der Waals surface area contributed by atoms with Crippen LogP contribution in [0.3, 0.4) is 0 Å². The summed E-state index contributed by atoms with van der Waals surface area (Å²) in [7, 11) is -3.53. The van der Waals surface area contributed by atoms with Gasteiger partial charge in [0.25, 0.3) is 0 Å². The summed E-state index contributed by atoms with van der Waals surface area (Å²) in [5.41, 5.74) is 2.73. The minimum absolute atomic E-state index is 0.0400. The van der Waals surface area contributed by atoms with Gasteiger partial charge in [0, 0.05) is 0 Å². The maximum Gasteiger partial charge on any atom is 0.416 e. The molecule has 1 aromatic heterocycles. The monoisotopic (exact) mass is 450 g/mol. The first kappa shape index (κ1) is 21.6. The van der Waals surface area contributed by atoms with Gasteiger partial charge in [-0.25, -0.2) is 8.42 Å². The van der Waals surface area contributed by atoms with Gasteiger partial charge in [-0.15, -0.1) is 0 Å². The summed E-state index contributed by atoms with van der Waals surface area (Å²) < 4.78 is 69.6. The second-order valence-electron chi connectivity index (χ2n) is 7.85. The van der Waals surface area contributed by atoms with E-state index in [2.05, 4.69) is 0 Å². The molecule has 164 valence electrons. The number of aliphatic hydroxyl groups is 1. The van der Waals surface area contributed by atoms with Gasteiger partial charge in [-0.05, 0) is 77.3 Å². The summed E-state index contributed by atoms with van der Waals surface area (Å²) in [5, 5.41) is 9.27. The van der Waals surface area contributed by atoms with Crippen LogP contribution >= 0.6 is 0 Å². The molecule has 0 spiro atoms. The van der Waals surface area contributed by atoms with Crippen molar-refractivity contribution in [1.82, 2.24) is 0 Å². The normalized spacial score (nSPS) is 16.5. The number of rotatable bonds is 6. The van der Waals surface area contributed by atoms with E-state index in [1.54, 1.807) is 6.07 Å². The van der Waals surface area contributed by atoms with Crippen LogP contribution in [0.5, 0.6) is 0 Å². The number of sulfone groups is 1. The second kappa shape index (κ2) is 8.16. The van der Waals surface area contributed by atoms with Gasteiger partial charge in [-0.1, -0.05) is 24.3 Å². The van der Waals surface area contributed by atoms with Crippen LogP contribution < -0.4 is 0 Å². The molecule has 0 radical (unpaired) electrons. The number of fused-ring (bicyclic) bond motifs is 1. The molecule has 4 nitrogen and oxygen atoms in total. The Morgan fingerprint density at radius 1 is 1.03 bits per heavy atom. The minimum atomic E-state index is -4.48. The maximum atomic E-state index is 13.1. The predicted molar refractivity (Wildman–Crippen MR) is 108 cm³/mol. The first-order valence-corrected chi connectivity index (χ1v) is 11.5. The highest BCUT2D eigenvalue weighted by atomic mass is 32.2. The number of aliphatic hydroxyl groups excluding tert-OH is 1. The molecule has 0 saturated carbocycles. The molecule has 1 atom stereocenters. The average molecular weight is 450 g/mol. The molecule has 8 heteroatoms. The van der Waals surface area contributed by atoms with Gasteiger partial charge < -0.3 is 9.52 Å². The third-order valence-electron chi connectivity index (χ3n) is 5.60. The lowest BCUT2D eigenvalue weighted by Gasteiger charge is -2.13. The molecular formula is C23H21F3O4S. The van der Waals surface area contributed by atoms with Crippen molar-refractivity contribution in [3.8, 4) is 0 Å². The topological polar surface area (TPSA) is 67.5 Å². The maximum absolute atomic E-state index is 13.1. The van der Waals surface area contributed by atoms with Gasteiger partial charge in [0.15, 0.2) is 0 Å². The first-order valence-electron chi connectivity index (χ1n) is 9.84. The Hall–Kier alpha value is -2.58. The molecule has 2 aromatic carbocycles. The number of furan rings is 1. The molecule has 0 aliphatic heterocycles. The first-order chi connectivity index (χ1) is 14.7. The molecular weight excluding hydrogens is 429 g/mol. The van der Waals surface area contributed by atoms with Crippen molar-refractivity contribution in [2.45, 2.75) is 43.1 Å². The van der Waals surface area contributed by atoms with Crippen molar-refractivity contribution in [3.05, 3.63) is 88.2 Å². The minimum Gasteiger partial charge on any atom is -0.453 e. The zero-order chi connectivity index (χ0) is 22.2. The Labute approximate surface area is 178 Å². The summed E-state index contributed by atoms with van der Waals surface area (Å²) in [6.45, 7) is -0.465. The van der Waals surface area contributed by atoms with Gasteiger partial charge in [0.05, 0.1) is 24.2 Å².